The zero-order valence-corrected chi connectivity index (χ0v) is 18.8. The van der Waals surface area contributed by atoms with Gasteiger partial charge in [0.25, 0.3) is 5.91 Å². The number of amides is 1. The molecule has 1 aromatic rings. The van der Waals surface area contributed by atoms with Gasteiger partial charge in [0.1, 0.15) is 0 Å². The molecular weight excluding hydrogens is 402 g/mol. The standard InChI is InChI=1S/C22H35N3O4S/c1-18-9-13-25(14-10-18)12-3-2-11-23-22(26)19-6-4-8-21(16-19)30(27,28)24-17-20-7-5-15-29-20/h4,6,8,16,18,20,24H,2-3,5,7,9-15,17H2,1H3,(H,23,26). The van der Waals surface area contributed by atoms with Gasteiger partial charge in [0, 0.05) is 25.3 Å². The molecule has 1 unspecified atom stereocenters. The molecule has 168 valence electrons. The average Bonchev–Trinajstić information content (AvgIpc) is 3.27. The van der Waals surface area contributed by atoms with Gasteiger partial charge >= 0.3 is 0 Å². The Labute approximate surface area is 180 Å². The highest BCUT2D eigenvalue weighted by atomic mass is 32.2. The average molecular weight is 438 g/mol. The minimum absolute atomic E-state index is 0.0698. The summed E-state index contributed by atoms with van der Waals surface area (Å²) in [5.74, 6) is 0.601. The van der Waals surface area contributed by atoms with Crippen LogP contribution in [0.1, 0.15) is 55.8 Å². The molecule has 7 nitrogen and oxygen atoms in total. The highest BCUT2D eigenvalue weighted by Gasteiger charge is 2.21. The number of nitrogens with one attached hydrogen (secondary N) is 2. The number of carbonyl (C=O) groups is 1. The summed E-state index contributed by atoms with van der Waals surface area (Å²) in [4.78, 5) is 15.0. The van der Waals surface area contributed by atoms with E-state index in [4.69, 9.17) is 4.74 Å². The smallest absolute Gasteiger partial charge is 0.251 e. The van der Waals surface area contributed by atoms with Gasteiger partial charge in [-0.05, 0) is 82.3 Å². The predicted octanol–water partition coefficient (Wildman–Crippen LogP) is 2.39. The topological polar surface area (TPSA) is 87.7 Å². The molecule has 0 aromatic heterocycles. The molecule has 30 heavy (non-hydrogen) atoms. The van der Waals surface area contributed by atoms with Crippen LogP contribution in [0.4, 0.5) is 0 Å². The zero-order valence-electron chi connectivity index (χ0n) is 17.9. The van der Waals surface area contributed by atoms with Crippen molar-refractivity contribution in [3.8, 4) is 0 Å². The molecule has 1 aromatic carbocycles. The van der Waals surface area contributed by atoms with Crippen molar-refractivity contribution >= 4 is 15.9 Å². The number of unbranched alkanes of at least 4 members (excludes halogenated alkanes) is 1. The van der Waals surface area contributed by atoms with Crippen LogP contribution in [0.5, 0.6) is 0 Å². The van der Waals surface area contributed by atoms with Gasteiger partial charge in [0.05, 0.1) is 11.0 Å². The Hall–Kier alpha value is -1.48. The lowest BCUT2D eigenvalue weighted by atomic mass is 9.99. The first-order valence-corrected chi connectivity index (χ1v) is 12.6. The van der Waals surface area contributed by atoms with E-state index >= 15 is 0 Å². The second-order valence-electron chi connectivity index (χ2n) is 8.50. The molecule has 8 heteroatoms. The normalized spacial score (nSPS) is 21.0. The number of sulfonamides is 1. The fraction of sp³-hybridized carbons (Fsp3) is 0.682. The maximum Gasteiger partial charge on any atom is 0.251 e. The summed E-state index contributed by atoms with van der Waals surface area (Å²) in [6, 6.07) is 6.19. The second-order valence-corrected chi connectivity index (χ2v) is 10.3. The molecule has 2 aliphatic rings. The Morgan fingerprint density at radius 1 is 1.20 bits per heavy atom. The van der Waals surface area contributed by atoms with Crippen LogP contribution < -0.4 is 10.0 Å². The van der Waals surface area contributed by atoms with Gasteiger partial charge in [0.15, 0.2) is 0 Å². The van der Waals surface area contributed by atoms with Crippen LogP contribution in [0.25, 0.3) is 0 Å². The molecule has 2 N–H and O–H groups in total. The van der Waals surface area contributed by atoms with Gasteiger partial charge < -0.3 is 15.0 Å². The number of benzene rings is 1. The van der Waals surface area contributed by atoms with Crippen LogP contribution >= 0.6 is 0 Å². The molecule has 3 rings (SSSR count). The first kappa shape index (κ1) is 23.2. The molecule has 0 spiro atoms. The number of likely N-dealkylation sites (tertiary alicyclic amines) is 1. The fourth-order valence-corrected chi connectivity index (χ4v) is 5.06. The predicted molar refractivity (Wildman–Crippen MR) is 117 cm³/mol. The third kappa shape index (κ3) is 7.04. The minimum Gasteiger partial charge on any atom is -0.377 e. The van der Waals surface area contributed by atoms with Gasteiger partial charge in [-0.3, -0.25) is 4.79 Å². The van der Waals surface area contributed by atoms with E-state index in [2.05, 4.69) is 21.9 Å². The highest BCUT2D eigenvalue weighted by Crippen LogP contribution is 2.16. The summed E-state index contributed by atoms with van der Waals surface area (Å²) >= 11 is 0. The third-order valence-electron chi connectivity index (χ3n) is 5.99. The van der Waals surface area contributed by atoms with Crippen molar-refractivity contribution in [1.82, 2.24) is 14.9 Å². The third-order valence-corrected chi connectivity index (χ3v) is 7.42. The number of rotatable bonds is 10. The monoisotopic (exact) mass is 437 g/mol. The van der Waals surface area contributed by atoms with Gasteiger partial charge in [-0.2, -0.15) is 0 Å². The zero-order chi connectivity index (χ0) is 21.4. The molecule has 2 aliphatic heterocycles. The maximum atomic E-state index is 12.5. The Kier molecular flexibility index (Phi) is 8.68. The van der Waals surface area contributed by atoms with Gasteiger partial charge in [0.2, 0.25) is 10.0 Å². The van der Waals surface area contributed by atoms with Crippen LogP contribution in [0.3, 0.4) is 0 Å². The van der Waals surface area contributed by atoms with Crippen LogP contribution in [-0.2, 0) is 14.8 Å². The molecule has 1 atom stereocenters. The Balaban J connectivity index is 1.41. The number of carbonyl (C=O) groups excluding carboxylic acids is 1. The van der Waals surface area contributed by atoms with Crippen LogP contribution in [0, 0.1) is 5.92 Å². The van der Waals surface area contributed by atoms with E-state index in [9.17, 15) is 13.2 Å². The number of ether oxygens (including phenoxy) is 1. The summed E-state index contributed by atoms with van der Waals surface area (Å²) in [6.45, 7) is 7.27. The molecular formula is C22H35N3O4S. The molecule has 0 bridgehead atoms. The van der Waals surface area contributed by atoms with Gasteiger partial charge in [-0.1, -0.05) is 13.0 Å². The first-order valence-electron chi connectivity index (χ1n) is 11.2. The number of nitrogens with zero attached hydrogens (tertiary/aromatic N) is 1. The van der Waals surface area contributed by atoms with Gasteiger partial charge in [-0.15, -0.1) is 0 Å². The maximum absolute atomic E-state index is 12.5. The molecule has 0 saturated carbocycles. The van der Waals surface area contributed by atoms with E-state index in [1.54, 1.807) is 12.1 Å². The highest BCUT2D eigenvalue weighted by molar-refractivity contribution is 7.89. The molecule has 0 radical (unpaired) electrons. The van der Waals surface area contributed by atoms with E-state index in [1.165, 1.54) is 38.1 Å². The van der Waals surface area contributed by atoms with E-state index in [1.807, 2.05) is 0 Å². The van der Waals surface area contributed by atoms with Crippen LogP contribution in [-0.4, -0.2) is 64.7 Å². The van der Waals surface area contributed by atoms with Crippen LogP contribution in [0.15, 0.2) is 29.2 Å². The Bertz CT molecular complexity index is 785. The van der Waals surface area contributed by atoms with Crippen molar-refractivity contribution < 1.29 is 17.9 Å². The summed E-state index contributed by atoms with van der Waals surface area (Å²) in [5.41, 5.74) is 0.361. The van der Waals surface area contributed by atoms with Crippen molar-refractivity contribution in [3.63, 3.8) is 0 Å². The summed E-state index contributed by atoms with van der Waals surface area (Å²) in [6.07, 6.45) is 6.27. The van der Waals surface area contributed by atoms with Crippen molar-refractivity contribution in [2.24, 2.45) is 5.92 Å². The summed E-state index contributed by atoms with van der Waals surface area (Å²) in [7, 11) is -3.66. The molecule has 2 heterocycles. The lowest BCUT2D eigenvalue weighted by Crippen LogP contribution is -2.34. The molecule has 0 aliphatic carbocycles. The van der Waals surface area contributed by atoms with Gasteiger partial charge in [-0.25, -0.2) is 13.1 Å². The van der Waals surface area contributed by atoms with E-state index in [0.29, 0.717) is 18.7 Å². The van der Waals surface area contributed by atoms with E-state index in [0.717, 1.165) is 38.1 Å². The summed E-state index contributed by atoms with van der Waals surface area (Å²) in [5, 5.41) is 2.91. The van der Waals surface area contributed by atoms with Crippen molar-refractivity contribution in [2.75, 3.05) is 39.3 Å². The second kappa shape index (κ2) is 11.2. The largest absolute Gasteiger partial charge is 0.377 e. The Morgan fingerprint density at radius 3 is 2.73 bits per heavy atom. The van der Waals surface area contributed by atoms with E-state index in [-0.39, 0.29) is 23.5 Å². The number of hydrogen-bond acceptors (Lipinski definition) is 5. The van der Waals surface area contributed by atoms with Crippen molar-refractivity contribution in [1.29, 1.82) is 0 Å². The SMILES string of the molecule is CC1CCN(CCCCNC(=O)c2cccc(S(=O)(=O)NCC3CCCO3)c2)CC1. The van der Waals surface area contributed by atoms with E-state index < -0.39 is 10.0 Å². The Morgan fingerprint density at radius 2 is 2.00 bits per heavy atom. The first-order chi connectivity index (χ1) is 14.4. The van der Waals surface area contributed by atoms with Crippen molar-refractivity contribution in [3.05, 3.63) is 29.8 Å². The number of hydrogen-bond donors (Lipinski definition) is 2. The molecule has 2 saturated heterocycles. The fourth-order valence-electron chi connectivity index (χ4n) is 3.95. The number of piperidine rings is 1. The molecule has 2 fully saturated rings. The van der Waals surface area contributed by atoms with Crippen molar-refractivity contribution in [2.45, 2.75) is 56.4 Å². The van der Waals surface area contributed by atoms with Crippen LogP contribution in [0.2, 0.25) is 0 Å². The lowest BCUT2D eigenvalue weighted by molar-refractivity contribution is 0.0952. The minimum atomic E-state index is -3.66. The quantitative estimate of drug-likeness (QED) is 0.549. The molecule has 1 amide bonds. The summed E-state index contributed by atoms with van der Waals surface area (Å²) < 4.78 is 33.1. The lowest BCUT2D eigenvalue weighted by Gasteiger charge is -2.30.